The van der Waals surface area contributed by atoms with Crippen LogP contribution >= 0.6 is 32.0 Å². The molecule has 1 aliphatic rings. The summed E-state index contributed by atoms with van der Waals surface area (Å²) in [6, 6.07) is 0. The standard InChI is InChI=1S/C7H11O3PS2/c1-3-9-5-6(10-4-2)13-7(11-8)12-5/h7H,3-4H2,1-2H3/p+1. The van der Waals surface area contributed by atoms with Crippen LogP contribution in [0.5, 0.6) is 0 Å². The molecule has 0 saturated heterocycles. The molecule has 1 atom stereocenters. The van der Waals surface area contributed by atoms with Gasteiger partial charge < -0.3 is 9.47 Å². The molecule has 0 amide bonds. The summed E-state index contributed by atoms with van der Waals surface area (Å²) >= 11 is 2.96. The van der Waals surface area contributed by atoms with Crippen LogP contribution in [0.1, 0.15) is 13.8 Å². The second-order valence-electron chi connectivity index (χ2n) is 2.13. The van der Waals surface area contributed by atoms with Crippen LogP contribution in [0.2, 0.25) is 0 Å². The molecule has 0 saturated carbocycles. The number of rotatable bonds is 5. The van der Waals surface area contributed by atoms with Crippen LogP contribution in [0.4, 0.5) is 0 Å². The summed E-state index contributed by atoms with van der Waals surface area (Å²) in [5.41, 5.74) is 0. The van der Waals surface area contributed by atoms with Crippen molar-refractivity contribution in [2.45, 2.75) is 18.2 Å². The van der Waals surface area contributed by atoms with Crippen molar-refractivity contribution in [1.82, 2.24) is 0 Å². The quantitative estimate of drug-likeness (QED) is 0.689. The fourth-order valence-electron chi connectivity index (χ4n) is 0.811. The summed E-state index contributed by atoms with van der Waals surface area (Å²) in [7, 11) is -0.333. The van der Waals surface area contributed by atoms with E-state index in [-0.39, 0.29) is 12.8 Å². The van der Waals surface area contributed by atoms with Gasteiger partial charge in [-0.3, -0.25) is 0 Å². The molecule has 0 spiro atoms. The average Bonchev–Trinajstić information content (AvgIpc) is 2.50. The van der Waals surface area contributed by atoms with Crippen molar-refractivity contribution in [2.75, 3.05) is 13.2 Å². The molecule has 74 valence electrons. The SMILES string of the molecule is CCOC1=C(OCC)SC([PH+]=O)S1. The molecule has 1 rings (SSSR count). The van der Waals surface area contributed by atoms with Gasteiger partial charge in [-0.2, -0.15) is 0 Å². The Hall–Kier alpha value is 0.140. The lowest BCUT2D eigenvalue weighted by Gasteiger charge is -2.04. The Morgan fingerprint density at radius 2 is 1.69 bits per heavy atom. The maximum absolute atomic E-state index is 10.7. The van der Waals surface area contributed by atoms with Gasteiger partial charge in [0.15, 0.2) is 0 Å². The molecule has 0 aliphatic carbocycles. The Morgan fingerprint density at radius 1 is 1.23 bits per heavy atom. The number of ether oxygens (including phenoxy) is 2. The Bertz CT molecular complexity index is 202. The zero-order chi connectivity index (χ0) is 9.68. The highest BCUT2D eigenvalue weighted by Gasteiger charge is 2.34. The molecule has 13 heavy (non-hydrogen) atoms. The summed E-state index contributed by atoms with van der Waals surface area (Å²) < 4.78 is 21.4. The van der Waals surface area contributed by atoms with Crippen LogP contribution in [0.25, 0.3) is 0 Å². The summed E-state index contributed by atoms with van der Waals surface area (Å²) in [4.78, 5) is 0. The predicted molar refractivity (Wildman–Crippen MR) is 58.2 cm³/mol. The van der Waals surface area contributed by atoms with Gasteiger partial charge in [0.25, 0.3) is 4.32 Å². The lowest BCUT2D eigenvalue weighted by atomic mass is 10.8. The highest BCUT2D eigenvalue weighted by atomic mass is 32.2. The smallest absolute Gasteiger partial charge is 0.350 e. The van der Waals surface area contributed by atoms with Crippen molar-refractivity contribution >= 4 is 32.0 Å². The molecule has 0 radical (unpaired) electrons. The van der Waals surface area contributed by atoms with Gasteiger partial charge in [0, 0.05) is 0 Å². The van der Waals surface area contributed by atoms with Crippen LogP contribution in [-0.4, -0.2) is 17.5 Å². The van der Waals surface area contributed by atoms with Gasteiger partial charge in [-0.05, 0) is 37.4 Å². The summed E-state index contributed by atoms with van der Waals surface area (Å²) in [6.07, 6.45) is 0. The lowest BCUT2D eigenvalue weighted by Crippen LogP contribution is -1.91. The van der Waals surface area contributed by atoms with Gasteiger partial charge in [-0.25, -0.2) is 0 Å². The fourth-order valence-corrected chi connectivity index (χ4v) is 3.91. The van der Waals surface area contributed by atoms with Crippen molar-refractivity contribution in [1.29, 1.82) is 0 Å². The zero-order valence-corrected chi connectivity index (χ0v) is 10.2. The van der Waals surface area contributed by atoms with Gasteiger partial charge in [0.2, 0.25) is 10.2 Å². The zero-order valence-electron chi connectivity index (χ0n) is 7.53. The van der Waals surface area contributed by atoms with Crippen LogP contribution < -0.4 is 0 Å². The Kier molecular flexibility index (Phi) is 4.99. The minimum absolute atomic E-state index is 0.0445. The van der Waals surface area contributed by atoms with E-state index in [0.717, 1.165) is 10.2 Å². The van der Waals surface area contributed by atoms with Crippen molar-refractivity contribution in [3.05, 3.63) is 10.2 Å². The lowest BCUT2D eigenvalue weighted by molar-refractivity contribution is 0.206. The van der Waals surface area contributed by atoms with E-state index in [1.165, 1.54) is 23.5 Å². The topological polar surface area (TPSA) is 35.5 Å². The first-order chi connectivity index (χ1) is 6.31. The average molecular weight is 239 g/mol. The minimum Gasteiger partial charge on any atom is -0.484 e. The molecule has 3 nitrogen and oxygen atoms in total. The van der Waals surface area contributed by atoms with E-state index in [0.29, 0.717) is 13.2 Å². The molecule has 0 bridgehead atoms. The van der Waals surface area contributed by atoms with Crippen molar-refractivity contribution < 1.29 is 14.0 Å². The Morgan fingerprint density at radius 3 is 2.00 bits per heavy atom. The number of hydrogen-bond donors (Lipinski definition) is 0. The van der Waals surface area contributed by atoms with Crippen LogP contribution in [-0.2, 0) is 14.0 Å². The Labute approximate surface area is 87.8 Å². The molecule has 1 heterocycles. The van der Waals surface area contributed by atoms with E-state index in [4.69, 9.17) is 9.47 Å². The van der Waals surface area contributed by atoms with Crippen LogP contribution in [0.3, 0.4) is 0 Å². The maximum Gasteiger partial charge on any atom is 0.350 e. The maximum atomic E-state index is 10.7. The molecule has 0 aromatic heterocycles. The number of thioether (sulfide) groups is 2. The van der Waals surface area contributed by atoms with E-state index in [1.807, 2.05) is 13.8 Å². The van der Waals surface area contributed by atoms with Gasteiger partial charge in [-0.15, -0.1) is 0 Å². The molecule has 0 N–H and O–H groups in total. The van der Waals surface area contributed by atoms with Crippen molar-refractivity contribution in [3.8, 4) is 0 Å². The first-order valence-corrected chi connectivity index (χ1v) is 6.77. The van der Waals surface area contributed by atoms with Gasteiger partial charge in [-0.1, -0.05) is 4.57 Å². The summed E-state index contributed by atoms with van der Waals surface area (Å²) in [6.45, 7) is 5.09. The minimum atomic E-state index is -0.333. The molecule has 0 fully saturated rings. The normalized spacial score (nSPS) is 18.3. The monoisotopic (exact) mass is 239 g/mol. The summed E-state index contributed by atoms with van der Waals surface area (Å²) in [5.74, 6) is 0. The van der Waals surface area contributed by atoms with Gasteiger partial charge in [0.1, 0.15) is 0 Å². The molecule has 6 heteroatoms. The molecular formula is C7H12O3PS2+. The highest BCUT2D eigenvalue weighted by molar-refractivity contribution is 8.27. The second-order valence-corrected chi connectivity index (χ2v) is 6.23. The first kappa shape index (κ1) is 11.2. The fraction of sp³-hybridized carbons (Fsp3) is 0.714. The number of hydrogen-bond acceptors (Lipinski definition) is 5. The third kappa shape index (κ3) is 3.08. The Balaban J connectivity index is 2.58. The van der Waals surface area contributed by atoms with Crippen molar-refractivity contribution in [3.63, 3.8) is 0 Å². The van der Waals surface area contributed by atoms with E-state index in [2.05, 4.69) is 0 Å². The first-order valence-electron chi connectivity index (χ1n) is 4.02. The molecular weight excluding hydrogens is 227 g/mol. The van der Waals surface area contributed by atoms with E-state index >= 15 is 0 Å². The predicted octanol–water partition coefficient (Wildman–Crippen LogP) is 2.97. The molecule has 0 aromatic carbocycles. The third-order valence-corrected chi connectivity index (χ3v) is 4.89. The largest absolute Gasteiger partial charge is 0.484 e. The van der Waals surface area contributed by atoms with Crippen molar-refractivity contribution in [2.24, 2.45) is 0 Å². The third-order valence-electron chi connectivity index (χ3n) is 1.24. The van der Waals surface area contributed by atoms with Crippen LogP contribution in [0.15, 0.2) is 10.2 Å². The van der Waals surface area contributed by atoms with Crippen LogP contribution in [0, 0.1) is 0 Å². The second kappa shape index (κ2) is 5.78. The molecule has 0 aromatic rings. The summed E-state index contributed by atoms with van der Waals surface area (Å²) in [5, 5.41) is 1.56. The molecule has 1 aliphatic heterocycles. The van der Waals surface area contributed by atoms with Gasteiger partial charge in [0.05, 0.1) is 13.2 Å². The van der Waals surface area contributed by atoms with E-state index < -0.39 is 0 Å². The highest BCUT2D eigenvalue weighted by Crippen LogP contribution is 2.50. The molecule has 1 unspecified atom stereocenters. The van der Waals surface area contributed by atoms with E-state index in [1.54, 1.807) is 0 Å². The van der Waals surface area contributed by atoms with E-state index in [9.17, 15) is 4.57 Å². The van der Waals surface area contributed by atoms with Gasteiger partial charge >= 0.3 is 8.46 Å².